The summed E-state index contributed by atoms with van der Waals surface area (Å²) in [4.78, 5) is 13.7. The van der Waals surface area contributed by atoms with Crippen LogP contribution in [0.3, 0.4) is 0 Å². The zero-order valence-corrected chi connectivity index (χ0v) is 26.1. The van der Waals surface area contributed by atoms with Crippen LogP contribution in [0.2, 0.25) is 0 Å². The molecule has 5 aromatic carbocycles. The normalized spacial score (nSPS) is 14.6. The smallest absolute Gasteiger partial charge is 0.161 e. The molecule has 5 heteroatoms. The van der Waals surface area contributed by atoms with Crippen LogP contribution in [-0.4, -0.2) is 19.5 Å². The second-order valence-electron chi connectivity index (χ2n) is 12.5. The Balaban J connectivity index is 1.46. The number of hydrogen-bond donors (Lipinski definition) is 0. The Kier molecular flexibility index (Phi) is 5.16. The van der Waals surface area contributed by atoms with Gasteiger partial charge in [0.05, 0.1) is 22.3 Å². The third-order valence-electron chi connectivity index (χ3n) is 8.88. The Morgan fingerprint density at radius 3 is 2.11 bits per heavy atom. The van der Waals surface area contributed by atoms with E-state index in [9.17, 15) is 0 Å². The third kappa shape index (κ3) is 4.33. The predicted octanol–water partition coefficient (Wildman–Crippen LogP) is 11.1. The van der Waals surface area contributed by atoms with Crippen molar-refractivity contribution in [3.05, 3.63) is 120 Å². The Morgan fingerprint density at radius 2 is 1.37 bits per heavy atom. The fourth-order valence-corrected chi connectivity index (χ4v) is 6.67. The van der Waals surface area contributed by atoms with E-state index in [0.29, 0.717) is 22.4 Å². The molecule has 226 valence electrons. The van der Waals surface area contributed by atoms with Crippen LogP contribution >= 0.6 is 0 Å². The van der Waals surface area contributed by atoms with Gasteiger partial charge in [0, 0.05) is 30.1 Å². The predicted molar refractivity (Wildman–Crippen MR) is 190 cm³/mol. The van der Waals surface area contributed by atoms with Crippen LogP contribution in [0.1, 0.15) is 70.4 Å². The van der Waals surface area contributed by atoms with Crippen LogP contribution < -0.4 is 0 Å². The Bertz CT molecular complexity index is 2640. The summed E-state index contributed by atoms with van der Waals surface area (Å²) in [5, 5.41) is 1.66. The lowest BCUT2D eigenvalue weighted by atomic mass is 9.88. The van der Waals surface area contributed by atoms with Gasteiger partial charge in [0.2, 0.25) is 0 Å². The highest BCUT2D eigenvalue weighted by Crippen LogP contribution is 2.43. The van der Waals surface area contributed by atoms with Gasteiger partial charge < -0.3 is 4.42 Å². The van der Waals surface area contributed by atoms with Crippen LogP contribution in [-0.2, 0) is 0 Å². The minimum atomic E-state index is -2.73. The van der Waals surface area contributed by atoms with E-state index in [0.717, 1.165) is 38.8 Å². The van der Waals surface area contributed by atoms with E-state index in [1.54, 1.807) is 12.1 Å². The summed E-state index contributed by atoms with van der Waals surface area (Å²) in [6, 6.07) is 32.4. The van der Waals surface area contributed by atoms with Crippen molar-refractivity contribution >= 4 is 43.9 Å². The van der Waals surface area contributed by atoms with Gasteiger partial charge in [0.25, 0.3) is 0 Å². The summed E-state index contributed by atoms with van der Waals surface area (Å²) in [6.45, 7) is 3.45. The summed E-state index contributed by atoms with van der Waals surface area (Å²) in [6.07, 6.45) is 0. The highest BCUT2D eigenvalue weighted by molar-refractivity contribution is 6.16. The summed E-state index contributed by atoms with van der Waals surface area (Å²) >= 11 is 0. The minimum absolute atomic E-state index is 0.140. The Labute approximate surface area is 277 Å². The molecular weight excluding hydrogens is 564 g/mol. The lowest BCUT2D eigenvalue weighted by Crippen LogP contribution is -2.09. The molecule has 8 rings (SSSR count). The topological polar surface area (TPSA) is 56.7 Å². The van der Waals surface area contributed by atoms with Crippen LogP contribution in [0, 0.1) is 13.7 Å². The van der Waals surface area contributed by atoms with Crippen LogP contribution in [0.5, 0.6) is 0 Å². The van der Waals surface area contributed by atoms with Crippen molar-refractivity contribution in [1.29, 1.82) is 0 Å². The van der Waals surface area contributed by atoms with Gasteiger partial charge in [0.1, 0.15) is 22.7 Å². The van der Waals surface area contributed by atoms with Crippen molar-refractivity contribution in [3.63, 3.8) is 0 Å². The zero-order valence-electron chi connectivity index (χ0n) is 32.1. The highest BCUT2D eigenvalue weighted by Gasteiger charge is 2.26. The van der Waals surface area contributed by atoms with E-state index in [-0.39, 0.29) is 28.4 Å². The van der Waals surface area contributed by atoms with Gasteiger partial charge in [-0.05, 0) is 84.2 Å². The monoisotopic (exact) mass is 606 g/mol. The summed E-state index contributed by atoms with van der Waals surface area (Å²) in [5.41, 5.74) is 8.89. The second kappa shape index (κ2) is 10.7. The van der Waals surface area contributed by atoms with Crippen LogP contribution in [0.25, 0.3) is 72.1 Å². The van der Waals surface area contributed by atoms with Gasteiger partial charge in [-0.2, -0.15) is 0 Å². The van der Waals surface area contributed by atoms with Gasteiger partial charge in [-0.25, -0.2) is 15.0 Å². The molecule has 0 unspecified atom stereocenters. The first-order chi connectivity index (χ1) is 24.7. The maximum Gasteiger partial charge on any atom is 0.161 e. The molecule has 0 bridgehead atoms. The molecule has 0 saturated heterocycles. The second-order valence-corrected chi connectivity index (χ2v) is 12.5. The number of nitrogens with zero attached hydrogens (tertiary/aromatic N) is 4. The fraction of sp³-hybridized carbons (Fsp3) is 0.195. The molecule has 0 spiro atoms. The number of fused-ring (bicyclic) bond motifs is 6. The van der Waals surface area contributed by atoms with Gasteiger partial charge in [-0.3, -0.25) is 4.57 Å². The molecule has 46 heavy (non-hydrogen) atoms. The SMILES string of the molecule is [2H]C([2H])([2H])c1nc(C([2H])([2H])[2H])c2ccc3c4cccc(-c5nc6ccccc6n5-c5c(C(C)C)cc(-c6ccccc6)cc5C(C)C)c4oc3c2n1. The Hall–Kier alpha value is -5.29. The van der Waals surface area contributed by atoms with E-state index >= 15 is 0 Å². The zero-order chi connectivity index (χ0) is 36.7. The molecule has 3 aromatic heterocycles. The van der Waals surface area contributed by atoms with Gasteiger partial charge in [-0.1, -0.05) is 88.4 Å². The summed E-state index contributed by atoms with van der Waals surface area (Å²) in [5.74, 6) is 0.506. The maximum atomic E-state index is 8.15. The molecule has 0 aliphatic rings. The molecule has 0 atom stereocenters. The largest absolute Gasteiger partial charge is 0.453 e. The molecular formula is C41H36N4O. The molecule has 0 amide bonds. The standard InChI is InChI=1S/C41H36N4O/c1-23(2)33-21-28(27-13-8-7-9-14-27)22-34(24(3)4)38(33)45-36-18-11-10-17-35(36)44-41(45)32-16-12-15-30-31-20-19-29-25(5)42-26(6)43-37(29)40(31)46-39(30)32/h7-24H,1-6H3/i5D3,6D3. The van der Waals surface area contributed by atoms with Gasteiger partial charge >= 0.3 is 0 Å². The number of benzene rings is 5. The molecule has 0 aliphatic heterocycles. The third-order valence-corrected chi connectivity index (χ3v) is 8.88. The lowest BCUT2D eigenvalue weighted by Gasteiger charge is -2.24. The van der Waals surface area contributed by atoms with Crippen molar-refractivity contribution in [2.45, 2.75) is 53.2 Å². The van der Waals surface area contributed by atoms with Crippen molar-refractivity contribution in [1.82, 2.24) is 19.5 Å². The van der Waals surface area contributed by atoms with E-state index in [1.807, 2.05) is 42.5 Å². The first-order valence-corrected chi connectivity index (χ1v) is 15.6. The average molecular weight is 607 g/mol. The minimum Gasteiger partial charge on any atom is -0.453 e. The summed E-state index contributed by atoms with van der Waals surface area (Å²) < 4.78 is 57.4. The number of aromatic nitrogens is 4. The van der Waals surface area contributed by atoms with Crippen molar-refractivity contribution in [2.75, 3.05) is 0 Å². The molecule has 8 aromatic rings. The van der Waals surface area contributed by atoms with E-state index in [2.05, 4.69) is 84.7 Å². The average Bonchev–Trinajstić information content (AvgIpc) is 3.69. The van der Waals surface area contributed by atoms with Crippen molar-refractivity contribution < 1.29 is 12.6 Å². The van der Waals surface area contributed by atoms with E-state index in [4.69, 9.17) is 17.6 Å². The molecule has 0 fully saturated rings. The highest BCUT2D eigenvalue weighted by atomic mass is 16.3. The number of imidazole rings is 1. The van der Waals surface area contributed by atoms with Gasteiger partial charge in [0.15, 0.2) is 5.58 Å². The molecule has 0 N–H and O–H groups in total. The van der Waals surface area contributed by atoms with Crippen molar-refractivity contribution in [3.8, 4) is 28.2 Å². The lowest BCUT2D eigenvalue weighted by molar-refractivity contribution is 0.671. The number of rotatable bonds is 5. The number of hydrogen-bond acceptors (Lipinski definition) is 4. The number of aryl methyl sites for hydroxylation is 2. The quantitative estimate of drug-likeness (QED) is 0.196. The molecule has 0 aliphatic carbocycles. The molecule has 0 radical (unpaired) electrons. The first kappa shape index (κ1) is 22.3. The Morgan fingerprint density at radius 1 is 0.652 bits per heavy atom. The molecule has 3 heterocycles. The molecule has 5 nitrogen and oxygen atoms in total. The number of para-hydroxylation sites is 3. The van der Waals surface area contributed by atoms with Crippen LogP contribution in [0.15, 0.2) is 101 Å². The van der Waals surface area contributed by atoms with Crippen LogP contribution in [0.4, 0.5) is 0 Å². The van der Waals surface area contributed by atoms with Gasteiger partial charge in [-0.15, -0.1) is 0 Å². The molecule has 0 saturated carbocycles. The number of furan rings is 1. The van der Waals surface area contributed by atoms with E-state index < -0.39 is 19.5 Å². The van der Waals surface area contributed by atoms with Crippen molar-refractivity contribution in [2.24, 2.45) is 0 Å². The summed E-state index contributed by atoms with van der Waals surface area (Å²) in [7, 11) is 0. The van der Waals surface area contributed by atoms with E-state index in [1.165, 1.54) is 11.1 Å². The first-order valence-electron chi connectivity index (χ1n) is 18.6. The maximum absolute atomic E-state index is 8.15. The fourth-order valence-electron chi connectivity index (χ4n) is 6.67.